The van der Waals surface area contributed by atoms with Gasteiger partial charge < -0.3 is 14.0 Å². The van der Waals surface area contributed by atoms with E-state index < -0.39 is 11.1 Å². The van der Waals surface area contributed by atoms with Gasteiger partial charge in [-0.15, -0.1) is 0 Å². The highest BCUT2D eigenvalue weighted by atomic mass is 32.2. The zero-order chi connectivity index (χ0) is 22.0. The van der Waals surface area contributed by atoms with E-state index in [0.29, 0.717) is 22.9 Å². The van der Waals surface area contributed by atoms with Crippen LogP contribution in [0.15, 0.2) is 51.9 Å². The number of rotatable bonds is 6. The van der Waals surface area contributed by atoms with Crippen LogP contribution in [0.4, 0.5) is 4.79 Å². The number of benzene rings is 2. The third kappa shape index (κ3) is 4.31. The first-order chi connectivity index (χ1) is 15.0. The second-order valence-corrected chi connectivity index (χ2v) is 7.75. The summed E-state index contributed by atoms with van der Waals surface area (Å²) in [5.74, 6) is 1.32. The average Bonchev–Trinajstić information content (AvgIpc) is 3.35. The van der Waals surface area contributed by atoms with Crippen LogP contribution in [0.1, 0.15) is 17.0 Å². The van der Waals surface area contributed by atoms with Gasteiger partial charge >= 0.3 is 0 Å². The van der Waals surface area contributed by atoms with Gasteiger partial charge in [-0.25, -0.2) is 0 Å². The lowest BCUT2D eigenvalue weighted by Crippen LogP contribution is -2.27. The summed E-state index contributed by atoms with van der Waals surface area (Å²) in [5, 5.41) is 3.54. The van der Waals surface area contributed by atoms with Gasteiger partial charge in [-0.2, -0.15) is 4.98 Å². The molecule has 31 heavy (non-hydrogen) atoms. The third-order valence-electron chi connectivity index (χ3n) is 4.67. The van der Waals surface area contributed by atoms with E-state index >= 15 is 0 Å². The number of aromatic nitrogens is 2. The van der Waals surface area contributed by atoms with E-state index in [9.17, 15) is 9.59 Å². The maximum absolute atomic E-state index is 12.8. The predicted octanol–water partition coefficient (Wildman–Crippen LogP) is 4.30. The standard InChI is InChI=1S/C22H19N3O5S/c1-13-4-6-14(7-5-13)20-23-19(30-24-20)12-25-21(26)18(31-22(25)27)10-15-8-9-16(28-2)11-17(15)29-3/h4-11H,12H2,1-3H3/b18-10+. The monoisotopic (exact) mass is 437 g/mol. The minimum atomic E-state index is -0.428. The van der Waals surface area contributed by atoms with Crippen LogP contribution in [-0.4, -0.2) is 40.4 Å². The molecule has 4 rings (SSSR count). The number of hydrogen-bond acceptors (Lipinski definition) is 8. The molecule has 0 atom stereocenters. The minimum absolute atomic E-state index is 0.0966. The van der Waals surface area contributed by atoms with Crippen LogP contribution in [0.5, 0.6) is 11.5 Å². The number of imide groups is 1. The molecular formula is C22H19N3O5S. The highest BCUT2D eigenvalue weighted by molar-refractivity contribution is 8.18. The Kier molecular flexibility index (Phi) is 5.77. The second-order valence-electron chi connectivity index (χ2n) is 6.75. The molecule has 158 valence electrons. The van der Waals surface area contributed by atoms with Crippen LogP contribution in [0.2, 0.25) is 0 Å². The molecule has 9 heteroatoms. The van der Waals surface area contributed by atoms with Gasteiger partial charge in [0.1, 0.15) is 18.0 Å². The van der Waals surface area contributed by atoms with Crippen molar-refractivity contribution in [2.75, 3.05) is 14.2 Å². The minimum Gasteiger partial charge on any atom is -0.497 e. The molecule has 0 radical (unpaired) electrons. The van der Waals surface area contributed by atoms with Gasteiger partial charge in [-0.1, -0.05) is 35.0 Å². The molecule has 1 aliphatic heterocycles. The fraction of sp³-hybridized carbons (Fsp3) is 0.182. The van der Waals surface area contributed by atoms with Crippen molar-refractivity contribution >= 4 is 29.0 Å². The molecule has 2 aromatic carbocycles. The molecule has 0 saturated carbocycles. The Hall–Kier alpha value is -3.59. The van der Waals surface area contributed by atoms with Crippen molar-refractivity contribution in [1.29, 1.82) is 0 Å². The van der Waals surface area contributed by atoms with E-state index in [4.69, 9.17) is 14.0 Å². The van der Waals surface area contributed by atoms with Gasteiger partial charge in [-0.05, 0) is 36.9 Å². The highest BCUT2D eigenvalue weighted by Crippen LogP contribution is 2.35. The molecule has 1 aliphatic rings. The molecule has 8 nitrogen and oxygen atoms in total. The van der Waals surface area contributed by atoms with Gasteiger partial charge in [0.2, 0.25) is 11.7 Å². The van der Waals surface area contributed by atoms with Gasteiger partial charge in [-0.3, -0.25) is 14.5 Å². The molecule has 0 N–H and O–H groups in total. The van der Waals surface area contributed by atoms with E-state index in [-0.39, 0.29) is 17.3 Å². The van der Waals surface area contributed by atoms with E-state index in [1.54, 1.807) is 31.4 Å². The van der Waals surface area contributed by atoms with Crippen LogP contribution in [0.25, 0.3) is 17.5 Å². The van der Waals surface area contributed by atoms with Gasteiger partial charge in [0.15, 0.2) is 0 Å². The second kappa shape index (κ2) is 8.65. The molecule has 0 aliphatic carbocycles. The van der Waals surface area contributed by atoms with Crippen LogP contribution < -0.4 is 9.47 Å². The number of methoxy groups -OCH3 is 2. The number of carbonyl (C=O) groups is 2. The van der Waals surface area contributed by atoms with E-state index in [1.807, 2.05) is 31.2 Å². The first kappa shape index (κ1) is 20.7. The highest BCUT2D eigenvalue weighted by Gasteiger charge is 2.36. The summed E-state index contributed by atoms with van der Waals surface area (Å²) >= 11 is 0.852. The molecule has 2 heterocycles. The number of ether oxygens (including phenoxy) is 2. The molecule has 1 aromatic heterocycles. The Morgan fingerprint density at radius 2 is 1.87 bits per heavy atom. The van der Waals surface area contributed by atoms with Crippen LogP contribution in [-0.2, 0) is 11.3 Å². The molecule has 1 saturated heterocycles. The molecule has 2 amide bonds. The summed E-state index contributed by atoms with van der Waals surface area (Å²) in [6, 6.07) is 12.9. The van der Waals surface area contributed by atoms with Crippen molar-refractivity contribution in [1.82, 2.24) is 15.0 Å². The smallest absolute Gasteiger partial charge is 0.294 e. The van der Waals surface area contributed by atoms with E-state index in [0.717, 1.165) is 27.8 Å². The van der Waals surface area contributed by atoms with Crippen LogP contribution in [0, 0.1) is 6.92 Å². The Bertz CT molecular complexity index is 1170. The summed E-state index contributed by atoms with van der Waals surface area (Å²) < 4.78 is 15.8. The Labute approximate surface area is 182 Å². The number of thioether (sulfide) groups is 1. The summed E-state index contributed by atoms with van der Waals surface area (Å²) in [5.41, 5.74) is 2.57. The molecule has 0 unspecified atom stereocenters. The number of amides is 2. The van der Waals surface area contributed by atoms with Gasteiger partial charge in [0, 0.05) is 17.2 Å². The van der Waals surface area contributed by atoms with Crippen LogP contribution in [0.3, 0.4) is 0 Å². The summed E-state index contributed by atoms with van der Waals surface area (Å²) in [7, 11) is 3.08. The predicted molar refractivity (Wildman–Crippen MR) is 116 cm³/mol. The lowest BCUT2D eigenvalue weighted by Gasteiger charge is -2.09. The maximum atomic E-state index is 12.8. The Balaban J connectivity index is 1.53. The third-order valence-corrected chi connectivity index (χ3v) is 5.58. The largest absolute Gasteiger partial charge is 0.497 e. The molecule has 3 aromatic rings. The van der Waals surface area contributed by atoms with Gasteiger partial charge in [0.25, 0.3) is 11.1 Å². The summed E-state index contributed by atoms with van der Waals surface area (Å²) in [4.78, 5) is 30.9. The number of carbonyl (C=O) groups excluding carboxylic acids is 2. The van der Waals surface area contributed by atoms with Gasteiger partial charge in [0.05, 0.1) is 19.1 Å². The average molecular weight is 437 g/mol. The van der Waals surface area contributed by atoms with Crippen molar-refractivity contribution in [2.45, 2.75) is 13.5 Å². The zero-order valence-corrected chi connectivity index (χ0v) is 17.9. The zero-order valence-electron chi connectivity index (χ0n) is 17.1. The number of hydrogen-bond donors (Lipinski definition) is 0. The molecule has 0 bridgehead atoms. The van der Waals surface area contributed by atoms with Crippen molar-refractivity contribution in [3.63, 3.8) is 0 Å². The quantitative estimate of drug-likeness (QED) is 0.527. The topological polar surface area (TPSA) is 94.8 Å². The van der Waals surface area contributed by atoms with E-state index in [1.165, 1.54) is 7.11 Å². The summed E-state index contributed by atoms with van der Waals surface area (Å²) in [6.07, 6.45) is 1.62. The van der Waals surface area contributed by atoms with Crippen molar-refractivity contribution in [3.8, 4) is 22.9 Å². The Morgan fingerprint density at radius 1 is 1.10 bits per heavy atom. The van der Waals surface area contributed by atoms with Crippen molar-refractivity contribution in [2.24, 2.45) is 0 Å². The summed E-state index contributed by atoms with van der Waals surface area (Å²) in [6.45, 7) is 1.89. The SMILES string of the molecule is COc1ccc(/C=C2/SC(=O)N(Cc3nc(-c4ccc(C)cc4)no3)C2=O)c(OC)c1. The first-order valence-corrected chi connectivity index (χ1v) is 10.2. The Morgan fingerprint density at radius 3 is 2.58 bits per heavy atom. The number of aryl methyl sites for hydroxylation is 1. The first-order valence-electron chi connectivity index (χ1n) is 9.35. The lowest BCUT2D eigenvalue weighted by atomic mass is 10.1. The van der Waals surface area contributed by atoms with Crippen molar-refractivity contribution in [3.05, 3.63) is 64.4 Å². The lowest BCUT2D eigenvalue weighted by molar-refractivity contribution is -0.123. The van der Waals surface area contributed by atoms with Crippen LogP contribution >= 0.6 is 11.8 Å². The fourth-order valence-corrected chi connectivity index (χ4v) is 3.82. The fourth-order valence-electron chi connectivity index (χ4n) is 2.99. The van der Waals surface area contributed by atoms with Crippen molar-refractivity contribution < 1.29 is 23.6 Å². The molecule has 0 spiro atoms. The maximum Gasteiger partial charge on any atom is 0.294 e. The van der Waals surface area contributed by atoms with E-state index in [2.05, 4.69) is 10.1 Å². The normalized spacial score (nSPS) is 15.1. The molecule has 1 fully saturated rings. The molecular weight excluding hydrogens is 418 g/mol. The number of nitrogens with zero attached hydrogens (tertiary/aromatic N) is 3.